The van der Waals surface area contributed by atoms with Crippen LogP contribution in [0.4, 0.5) is 5.69 Å². The second-order valence-electron chi connectivity index (χ2n) is 5.59. The molecular weight excluding hydrogens is 312 g/mol. The van der Waals surface area contributed by atoms with Crippen LogP contribution in [0.3, 0.4) is 0 Å². The largest absolute Gasteiger partial charge is 0.422 e. The van der Waals surface area contributed by atoms with E-state index in [0.717, 1.165) is 11.3 Å². The van der Waals surface area contributed by atoms with E-state index in [0.29, 0.717) is 11.3 Å². The molecule has 124 valence electrons. The Morgan fingerprint density at radius 1 is 1.29 bits per heavy atom. The van der Waals surface area contributed by atoms with Crippen molar-refractivity contribution in [2.45, 2.75) is 12.5 Å². The number of nitrogens with two attached hydrogens (primary N) is 1. The lowest BCUT2D eigenvalue weighted by molar-refractivity contribution is -0.330. The summed E-state index contributed by atoms with van der Waals surface area (Å²) in [5.41, 5.74) is 8.54. The molecule has 4 N–H and O–H groups in total. The van der Waals surface area contributed by atoms with E-state index in [-0.39, 0.29) is 18.9 Å². The van der Waals surface area contributed by atoms with Crippen LogP contribution < -0.4 is 16.4 Å². The number of nitrogens with zero attached hydrogens (tertiary/aromatic N) is 2. The number of anilines is 1. The third kappa shape index (κ3) is 2.46. The minimum atomic E-state index is -0.695. The molecule has 0 bridgehead atoms. The molecule has 1 fully saturated rings. The summed E-state index contributed by atoms with van der Waals surface area (Å²) in [5.74, 6) is 0. The van der Waals surface area contributed by atoms with Gasteiger partial charge < -0.3 is 20.3 Å². The predicted octanol–water partition coefficient (Wildman–Crippen LogP) is 0.0281. The van der Waals surface area contributed by atoms with Crippen LogP contribution in [0.5, 0.6) is 0 Å². The van der Waals surface area contributed by atoms with Gasteiger partial charge in [0.2, 0.25) is 0 Å². The fourth-order valence-electron chi connectivity index (χ4n) is 2.76. The van der Waals surface area contributed by atoms with Crippen LogP contribution in [0.2, 0.25) is 0 Å². The predicted molar refractivity (Wildman–Crippen MR) is 85.0 cm³/mol. The Morgan fingerprint density at radius 2 is 2.08 bits per heavy atom. The molecule has 0 spiro atoms. The summed E-state index contributed by atoms with van der Waals surface area (Å²) in [6.07, 6.45) is 2.13. The Labute approximate surface area is 136 Å². The number of ether oxygens (including phenoxy) is 2. The van der Waals surface area contributed by atoms with Crippen LogP contribution in [-0.4, -0.2) is 33.6 Å². The van der Waals surface area contributed by atoms with Gasteiger partial charge >= 0.3 is 5.69 Å². The van der Waals surface area contributed by atoms with Crippen LogP contribution in [0.15, 0.2) is 47.5 Å². The van der Waals surface area contributed by atoms with E-state index >= 15 is 0 Å². The lowest BCUT2D eigenvalue weighted by atomic mass is 10.1. The standard InChI is InChI=1S/C16H16N4O4/c17-11-3-1-10(2-4-11)12-7-20-13(18-12)5-6-19(16(20)22)14-9-23-15(8-21)24-14/h1-7,14-15,21H,8-9,17H2/p+1/t14-,15-/m0/s1. The first-order chi connectivity index (χ1) is 11.7. The number of H-pyrrole nitrogens is 1. The quantitative estimate of drug-likeness (QED) is 0.660. The summed E-state index contributed by atoms with van der Waals surface area (Å²) < 4.78 is 13.7. The third-order valence-electron chi connectivity index (χ3n) is 4.02. The van der Waals surface area contributed by atoms with Crippen LogP contribution in [0.1, 0.15) is 6.23 Å². The van der Waals surface area contributed by atoms with E-state index in [1.165, 1.54) is 8.97 Å². The number of hydrogen-bond acceptors (Lipinski definition) is 5. The van der Waals surface area contributed by atoms with Gasteiger partial charge in [-0.1, -0.05) is 0 Å². The van der Waals surface area contributed by atoms with Gasteiger partial charge in [-0.25, -0.2) is 9.78 Å². The molecule has 1 aromatic carbocycles. The maximum Gasteiger partial charge on any atom is 0.422 e. The Hall–Kier alpha value is -2.68. The molecule has 1 saturated heterocycles. The van der Waals surface area contributed by atoms with E-state index < -0.39 is 12.5 Å². The monoisotopic (exact) mass is 329 g/mol. The first kappa shape index (κ1) is 14.9. The fraction of sp³-hybridized carbons (Fsp3) is 0.250. The topological polar surface area (TPSA) is 105 Å². The summed E-state index contributed by atoms with van der Waals surface area (Å²) in [6.45, 7) is -0.0292. The Kier molecular flexibility index (Phi) is 3.57. The average Bonchev–Trinajstić information content (AvgIpc) is 3.23. The van der Waals surface area contributed by atoms with E-state index in [1.54, 1.807) is 18.5 Å². The Balaban J connectivity index is 1.74. The molecule has 4 rings (SSSR count). The number of hydrogen-bond donors (Lipinski definition) is 2. The SMILES string of the molecule is Nc1ccc(-c2cn3c(=O)n([C@@H]4CO[C@H](CO)O4)ccc3[nH+]2)cc1. The Morgan fingerprint density at radius 3 is 2.79 bits per heavy atom. The van der Waals surface area contributed by atoms with Crippen LogP contribution in [0.25, 0.3) is 16.9 Å². The molecule has 0 aliphatic carbocycles. The van der Waals surface area contributed by atoms with E-state index in [4.69, 9.17) is 20.3 Å². The number of aromatic amines is 1. The van der Waals surface area contributed by atoms with Crippen molar-refractivity contribution in [3.05, 3.63) is 53.2 Å². The number of aliphatic hydroxyl groups is 1. The lowest BCUT2D eigenvalue weighted by Crippen LogP contribution is -2.31. The van der Waals surface area contributed by atoms with Gasteiger partial charge in [-0.2, -0.15) is 0 Å². The highest BCUT2D eigenvalue weighted by molar-refractivity contribution is 5.60. The van der Waals surface area contributed by atoms with Crippen molar-refractivity contribution in [2.75, 3.05) is 18.9 Å². The molecule has 0 radical (unpaired) electrons. The smallest absolute Gasteiger partial charge is 0.399 e. The summed E-state index contributed by atoms with van der Waals surface area (Å²) in [4.78, 5) is 15.9. The third-order valence-corrected chi connectivity index (χ3v) is 4.02. The van der Waals surface area contributed by atoms with Gasteiger partial charge in [-0.05, 0) is 24.3 Å². The second kappa shape index (κ2) is 5.75. The van der Waals surface area contributed by atoms with Crippen molar-refractivity contribution in [2.24, 2.45) is 0 Å². The number of fused-ring (bicyclic) bond motifs is 1. The number of nitrogens with one attached hydrogen (secondary N) is 1. The first-order valence-electron chi connectivity index (χ1n) is 7.55. The molecule has 2 atom stereocenters. The number of rotatable bonds is 3. The minimum Gasteiger partial charge on any atom is -0.399 e. The summed E-state index contributed by atoms with van der Waals surface area (Å²) in [6, 6.07) is 9.18. The molecule has 0 saturated carbocycles. The van der Waals surface area contributed by atoms with Gasteiger partial charge in [0, 0.05) is 23.5 Å². The van der Waals surface area contributed by atoms with Gasteiger partial charge in [-0.15, -0.1) is 4.40 Å². The maximum atomic E-state index is 12.7. The van der Waals surface area contributed by atoms with Crippen molar-refractivity contribution in [1.29, 1.82) is 0 Å². The second-order valence-corrected chi connectivity index (χ2v) is 5.59. The van der Waals surface area contributed by atoms with Gasteiger partial charge in [0.25, 0.3) is 5.65 Å². The van der Waals surface area contributed by atoms with Crippen molar-refractivity contribution < 1.29 is 19.6 Å². The number of nitrogen functional groups attached to an aromatic ring is 1. The molecule has 3 aromatic rings. The number of aliphatic hydroxyl groups excluding tert-OH is 1. The summed E-state index contributed by atoms with van der Waals surface area (Å²) >= 11 is 0. The van der Waals surface area contributed by atoms with Crippen molar-refractivity contribution >= 4 is 11.3 Å². The molecule has 24 heavy (non-hydrogen) atoms. The molecule has 8 heteroatoms. The molecule has 2 aromatic heterocycles. The normalized spacial score (nSPS) is 20.7. The lowest BCUT2D eigenvalue weighted by Gasteiger charge is -2.10. The molecule has 8 nitrogen and oxygen atoms in total. The maximum absolute atomic E-state index is 12.7. The van der Waals surface area contributed by atoms with Crippen LogP contribution in [-0.2, 0) is 9.47 Å². The van der Waals surface area contributed by atoms with Crippen molar-refractivity contribution in [3.8, 4) is 11.3 Å². The van der Waals surface area contributed by atoms with Gasteiger partial charge in [0.1, 0.15) is 6.20 Å². The highest BCUT2D eigenvalue weighted by atomic mass is 16.7. The van der Waals surface area contributed by atoms with Gasteiger partial charge in [-0.3, -0.25) is 4.57 Å². The highest BCUT2D eigenvalue weighted by Crippen LogP contribution is 2.20. The molecule has 3 heterocycles. The number of aromatic nitrogens is 3. The van der Waals surface area contributed by atoms with E-state index in [2.05, 4.69) is 4.98 Å². The zero-order chi connectivity index (χ0) is 16.7. The summed E-state index contributed by atoms with van der Waals surface area (Å²) in [7, 11) is 0. The highest BCUT2D eigenvalue weighted by Gasteiger charge is 2.29. The van der Waals surface area contributed by atoms with Crippen molar-refractivity contribution in [3.63, 3.8) is 0 Å². The van der Waals surface area contributed by atoms with Crippen LogP contribution >= 0.6 is 0 Å². The zero-order valence-corrected chi connectivity index (χ0v) is 12.8. The number of benzene rings is 1. The fourth-order valence-corrected chi connectivity index (χ4v) is 2.76. The minimum absolute atomic E-state index is 0.215. The molecule has 1 aliphatic rings. The molecule has 0 amide bonds. The molecule has 1 aliphatic heterocycles. The molecular formula is C16H17N4O4+. The molecule has 0 unspecified atom stereocenters. The van der Waals surface area contributed by atoms with E-state index in [1.807, 2.05) is 24.3 Å². The van der Waals surface area contributed by atoms with E-state index in [9.17, 15) is 4.79 Å². The number of imidazole rings is 1. The van der Waals surface area contributed by atoms with Gasteiger partial charge in [0.15, 0.2) is 18.2 Å². The zero-order valence-electron chi connectivity index (χ0n) is 12.8. The Bertz CT molecular complexity index is 931. The van der Waals surface area contributed by atoms with Gasteiger partial charge in [0.05, 0.1) is 13.2 Å². The first-order valence-corrected chi connectivity index (χ1v) is 7.55. The van der Waals surface area contributed by atoms with Crippen molar-refractivity contribution in [1.82, 2.24) is 8.97 Å². The summed E-state index contributed by atoms with van der Waals surface area (Å²) in [5, 5.41) is 9.06. The average molecular weight is 329 g/mol. The van der Waals surface area contributed by atoms with Crippen LogP contribution in [0, 0.1) is 0 Å².